The highest BCUT2D eigenvalue weighted by atomic mass is 32.2. The molecule has 1 aromatic carbocycles. The van der Waals surface area contributed by atoms with E-state index in [9.17, 15) is 17.6 Å². The fourth-order valence-corrected chi connectivity index (χ4v) is 13.4. The maximum absolute atomic E-state index is 13.9. The molecule has 0 amide bonds. The summed E-state index contributed by atoms with van der Waals surface area (Å²) in [5.74, 6) is 3.03. The molecule has 20 nitrogen and oxygen atoms in total. The number of aromatic nitrogens is 11. The number of nitrogens with two attached hydrogens (primary N) is 6. The lowest BCUT2D eigenvalue weighted by Gasteiger charge is -2.06. The van der Waals surface area contributed by atoms with E-state index in [-0.39, 0.29) is 42.4 Å². The van der Waals surface area contributed by atoms with Crippen molar-refractivity contribution in [3.05, 3.63) is 111 Å². The number of benzene rings is 1. The van der Waals surface area contributed by atoms with Gasteiger partial charge in [-0.25, -0.2) is 72.4 Å². The third-order valence-corrected chi connectivity index (χ3v) is 16.9. The van der Waals surface area contributed by atoms with Crippen molar-refractivity contribution in [2.75, 3.05) is 74.2 Å². The molecule has 8 heterocycles. The van der Waals surface area contributed by atoms with Crippen molar-refractivity contribution in [1.82, 2.24) is 54.8 Å². The fourth-order valence-electron chi connectivity index (χ4n) is 7.38. The minimum Gasteiger partial charge on any atom is -0.488 e. The van der Waals surface area contributed by atoms with E-state index in [0.29, 0.717) is 74.0 Å². The summed E-state index contributed by atoms with van der Waals surface area (Å²) in [6.45, 7) is 4.12. The zero-order valence-corrected chi connectivity index (χ0v) is 51.3. The third kappa shape index (κ3) is 20.1. The first-order valence-corrected chi connectivity index (χ1v) is 31.6. The number of pyridine rings is 2. The standard InChI is InChI=1S/C19H21F2N5OS2.2C18H21FN6OS2/c1-2-3-15-13(10-28-19-25-16(22)9-17(23)26-19)24-18(29-15)11-4-5-12(21)14(8-11)27-7-6-20;2*1-2-3-13-12(10-27-18-24-14(20)9-15(21)25-18)23-17(28-13)11-4-6-22-16(8-11)26-7-5-19/h4-5,8-9H,2-3,6-7,10H2,1H3,(H4,22,23,25,26);2*4,6,8-9H,2-3,5,7,10H2,1H3,(H4,20,21,24,25)/i;10D2;. The highest BCUT2D eigenvalue weighted by Gasteiger charge is 2.19. The van der Waals surface area contributed by atoms with Crippen LogP contribution in [0, 0.1) is 5.82 Å². The van der Waals surface area contributed by atoms with Gasteiger partial charge in [-0.15, -0.1) is 34.0 Å². The lowest BCUT2D eigenvalue weighted by Crippen LogP contribution is -2.00. The molecule has 9 rings (SSSR count). The molecule has 9 aromatic rings. The highest BCUT2D eigenvalue weighted by molar-refractivity contribution is 7.98. The molecule has 0 aliphatic rings. The molecule has 12 N–H and O–H groups in total. The SMILES string of the molecule is CCCc1sc(-c2ccc(F)c(OCCF)c2)nc1CSc1nc(N)cc(N)n1.CCCc1sc(-c2ccnc(OCCF)c2)nc1CSc1nc(N)cc(N)n1.[2H]C([2H])(Sc1nc(N)cc(N)n1)c1nc(-c2ccnc(OCCF)c2)sc1CCC. The van der Waals surface area contributed by atoms with Gasteiger partial charge < -0.3 is 48.6 Å². The van der Waals surface area contributed by atoms with Gasteiger partial charge in [0.15, 0.2) is 27.0 Å². The number of thioether (sulfide) groups is 3. The average molecular weight is 1280 g/mol. The number of alkyl halides is 3. The second-order valence-electron chi connectivity index (χ2n) is 17.6. The Kier molecular flexibility index (Phi) is 24.4. The molecular weight excluding hydrogens is 1220 g/mol. The summed E-state index contributed by atoms with van der Waals surface area (Å²) in [5.41, 5.74) is 37.0. The van der Waals surface area contributed by atoms with E-state index in [1.807, 2.05) is 13.0 Å². The Hall–Kier alpha value is -7.38. The lowest BCUT2D eigenvalue weighted by molar-refractivity contribution is 0.263. The first-order chi connectivity index (χ1) is 41.9. The number of aryl methyl sites for hydroxylation is 3. The van der Waals surface area contributed by atoms with E-state index in [4.69, 9.17) is 61.3 Å². The number of rotatable bonds is 27. The van der Waals surface area contributed by atoms with Crippen molar-refractivity contribution in [3.8, 4) is 49.2 Å². The molecule has 0 bridgehead atoms. The zero-order chi connectivity index (χ0) is 62.5. The number of nitrogen functional groups attached to an aromatic ring is 6. The van der Waals surface area contributed by atoms with Gasteiger partial charge in [-0.3, -0.25) is 0 Å². The molecule has 0 unspecified atom stereocenters. The predicted molar refractivity (Wildman–Crippen MR) is 336 cm³/mol. The number of nitrogens with zero attached hydrogens (tertiary/aromatic N) is 11. The Balaban J connectivity index is 0.000000187. The van der Waals surface area contributed by atoms with Crippen LogP contribution in [0.4, 0.5) is 52.5 Å². The van der Waals surface area contributed by atoms with Crippen LogP contribution in [0.25, 0.3) is 31.7 Å². The topological polar surface area (TPSA) is 326 Å². The highest BCUT2D eigenvalue weighted by Crippen LogP contribution is 2.37. The Morgan fingerprint density at radius 2 is 0.824 bits per heavy atom. The van der Waals surface area contributed by atoms with Crippen LogP contribution in [-0.4, -0.2) is 94.7 Å². The Morgan fingerprint density at radius 1 is 0.459 bits per heavy atom. The Bertz CT molecular complexity index is 3630. The van der Waals surface area contributed by atoms with Crippen molar-refractivity contribution in [3.63, 3.8) is 0 Å². The number of hydrogen-bond acceptors (Lipinski definition) is 26. The first kappa shape index (κ1) is 62.2. The molecule has 30 heteroatoms. The van der Waals surface area contributed by atoms with Gasteiger partial charge in [0.1, 0.15) is 89.8 Å². The molecule has 0 saturated heterocycles. The molecule has 8 aromatic heterocycles. The number of hydrogen-bond donors (Lipinski definition) is 6. The van der Waals surface area contributed by atoms with Crippen LogP contribution in [0.3, 0.4) is 0 Å². The zero-order valence-electron chi connectivity index (χ0n) is 48.4. The number of thiazole rings is 3. The summed E-state index contributed by atoms with van der Waals surface area (Å²) < 4.78 is 83.8. The largest absolute Gasteiger partial charge is 0.488 e. The van der Waals surface area contributed by atoms with Crippen molar-refractivity contribution in [1.29, 1.82) is 0 Å². The smallest absolute Gasteiger partial charge is 0.213 e. The molecule has 0 radical (unpaired) electrons. The van der Waals surface area contributed by atoms with Gasteiger partial charge in [0.25, 0.3) is 0 Å². The lowest BCUT2D eigenvalue weighted by atomic mass is 10.2. The number of anilines is 6. The van der Waals surface area contributed by atoms with E-state index in [1.165, 1.54) is 64.0 Å². The second kappa shape index (κ2) is 33.3. The molecule has 450 valence electrons. The van der Waals surface area contributed by atoms with E-state index in [2.05, 4.69) is 58.7 Å². The summed E-state index contributed by atoms with van der Waals surface area (Å²) in [5, 5.41) is 3.41. The second-order valence-corrected chi connectivity index (χ2v) is 23.5. The molecule has 0 aliphatic heterocycles. The summed E-state index contributed by atoms with van der Waals surface area (Å²) >= 11 is 8.25. The van der Waals surface area contributed by atoms with Crippen LogP contribution in [0.5, 0.6) is 17.5 Å². The summed E-state index contributed by atoms with van der Waals surface area (Å²) in [6.07, 6.45) is 8.49. The van der Waals surface area contributed by atoms with Gasteiger partial charge in [-0.05, 0) is 49.6 Å². The van der Waals surface area contributed by atoms with Crippen molar-refractivity contribution in [2.45, 2.75) is 92.0 Å². The van der Waals surface area contributed by atoms with Crippen LogP contribution >= 0.6 is 69.3 Å². The summed E-state index contributed by atoms with van der Waals surface area (Å²) in [4.78, 5) is 50.3. The van der Waals surface area contributed by atoms with Crippen LogP contribution in [0.15, 0.2) is 88.5 Å². The van der Waals surface area contributed by atoms with Crippen molar-refractivity contribution in [2.24, 2.45) is 0 Å². The molecule has 85 heavy (non-hydrogen) atoms. The average Bonchev–Trinajstić information content (AvgIpc) is 2.63. The molecule has 0 fully saturated rings. The Labute approximate surface area is 516 Å². The van der Waals surface area contributed by atoms with E-state index >= 15 is 0 Å². The molecule has 0 aliphatic carbocycles. The van der Waals surface area contributed by atoms with Gasteiger partial charge in [0.05, 0.1) is 17.1 Å². The molecule has 0 atom stereocenters. The molecule has 0 spiro atoms. The number of halogens is 4. The van der Waals surface area contributed by atoms with E-state index in [0.717, 1.165) is 91.7 Å². The maximum atomic E-state index is 13.9. The van der Waals surface area contributed by atoms with Gasteiger partial charge in [-0.2, -0.15) is 0 Å². The van der Waals surface area contributed by atoms with Crippen LogP contribution in [0.2, 0.25) is 0 Å². The van der Waals surface area contributed by atoms with E-state index in [1.54, 1.807) is 65.4 Å². The van der Waals surface area contributed by atoms with Crippen LogP contribution < -0.4 is 48.6 Å². The summed E-state index contributed by atoms with van der Waals surface area (Å²) in [7, 11) is 0. The minimum absolute atomic E-state index is 0.0133. The first-order valence-electron chi connectivity index (χ1n) is 27.3. The fraction of sp³-hybridized carbons (Fsp3) is 0.327. The third-order valence-electron chi connectivity index (χ3n) is 11.0. The predicted octanol–water partition coefficient (Wildman–Crippen LogP) is 12.0. The normalized spacial score (nSPS) is 11.5. The monoisotopic (exact) mass is 1280 g/mol. The van der Waals surface area contributed by atoms with Crippen molar-refractivity contribution >= 4 is 104 Å². The molecule has 0 saturated carbocycles. The maximum Gasteiger partial charge on any atom is 0.213 e. The summed E-state index contributed by atoms with van der Waals surface area (Å²) in [6, 6.07) is 16.0. The molecular formula is C55H63F4N17O3S6. The van der Waals surface area contributed by atoms with Gasteiger partial charge in [0, 0.05) is 94.0 Å². The minimum atomic E-state index is -1.90. The van der Waals surface area contributed by atoms with E-state index < -0.39 is 31.5 Å². The van der Waals surface area contributed by atoms with Crippen molar-refractivity contribution < 1.29 is 34.5 Å². The Morgan fingerprint density at radius 3 is 1.22 bits per heavy atom. The number of ether oxygens (including phenoxy) is 3. The van der Waals surface area contributed by atoms with Gasteiger partial charge in [-0.1, -0.05) is 75.3 Å². The van der Waals surface area contributed by atoms with Crippen LogP contribution in [-0.2, 0) is 36.5 Å². The quantitative estimate of drug-likeness (QED) is 0.0158. The van der Waals surface area contributed by atoms with Gasteiger partial charge >= 0.3 is 0 Å². The van der Waals surface area contributed by atoms with Crippen LogP contribution in [0.1, 0.15) is 74.5 Å². The van der Waals surface area contributed by atoms with Gasteiger partial charge in [0.2, 0.25) is 11.8 Å².